The minimum absolute atomic E-state index is 0.0532. The number of nitriles is 1. The van der Waals surface area contributed by atoms with E-state index in [1.54, 1.807) is 0 Å². The van der Waals surface area contributed by atoms with Gasteiger partial charge in [0.25, 0.3) is 0 Å². The quantitative estimate of drug-likeness (QED) is 0.897. The fraction of sp³-hybridized carbons (Fsp3) is 0.562. The number of para-hydroxylation sites is 2. The molecule has 0 aromatic heterocycles. The molecule has 1 fully saturated rings. The summed E-state index contributed by atoms with van der Waals surface area (Å²) in [4.78, 5) is 0. The van der Waals surface area contributed by atoms with E-state index in [-0.39, 0.29) is 6.10 Å². The highest BCUT2D eigenvalue weighted by atomic mass is 16.5. The molecule has 0 heterocycles. The van der Waals surface area contributed by atoms with E-state index in [4.69, 9.17) is 9.47 Å². The lowest BCUT2D eigenvalue weighted by molar-refractivity contribution is 0.111. The zero-order valence-corrected chi connectivity index (χ0v) is 12.2. The lowest BCUT2D eigenvalue weighted by Crippen LogP contribution is -2.48. The summed E-state index contributed by atoms with van der Waals surface area (Å²) < 4.78 is 11.7. The second-order valence-electron chi connectivity index (χ2n) is 5.16. The molecule has 2 rings (SSSR count). The van der Waals surface area contributed by atoms with Gasteiger partial charge in [0.05, 0.1) is 12.7 Å². The normalized spacial score (nSPS) is 25.8. The summed E-state index contributed by atoms with van der Waals surface area (Å²) >= 11 is 0. The van der Waals surface area contributed by atoms with Crippen molar-refractivity contribution in [2.75, 3.05) is 13.7 Å². The van der Waals surface area contributed by atoms with Crippen LogP contribution in [0.2, 0.25) is 0 Å². The van der Waals surface area contributed by atoms with E-state index in [1.165, 1.54) is 0 Å². The Bertz CT molecular complexity index is 484. The first-order valence-corrected chi connectivity index (χ1v) is 7.21. The van der Waals surface area contributed by atoms with Crippen LogP contribution in [0.3, 0.4) is 0 Å². The number of benzene rings is 1. The molecule has 20 heavy (non-hydrogen) atoms. The molecule has 108 valence electrons. The Hall–Kier alpha value is -1.73. The molecule has 1 aliphatic rings. The van der Waals surface area contributed by atoms with Crippen molar-refractivity contribution in [1.29, 1.82) is 5.26 Å². The average Bonchev–Trinajstić information content (AvgIpc) is 2.50. The van der Waals surface area contributed by atoms with Crippen LogP contribution in [0.4, 0.5) is 0 Å². The van der Waals surface area contributed by atoms with Gasteiger partial charge in [0, 0.05) is 6.42 Å². The maximum atomic E-state index is 9.37. The van der Waals surface area contributed by atoms with E-state index < -0.39 is 5.54 Å². The maximum absolute atomic E-state index is 9.37. The van der Waals surface area contributed by atoms with Crippen LogP contribution in [0.15, 0.2) is 24.3 Å². The Kier molecular flexibility index (Phi) is 4.86. The van der Waals surface area contributed by atoms with E-state index in [9.17, 15) is 5.26 Å². The molecule has 2 atom stereocenters. The van der Waals surface area contributed by atoms with Crippen LogP contribution in [0, 0.1) is 11.3 Å². The van der Waals surface area contributed by atoms with Gasteiger partial charge in [-0.25, -0.2) is 0 Å². The largest absolute Gasteiger partial charge is 0.490 e. The first-order valence-electron chi connectivity index (χ1n) is 7.21. The summed E-state index contributed by atoms with van der Waals surface area (Å²) in [5, 5.41) is 12.5. The molecule has 1 N–H and O–H groups in total. The maximum Gasteiger partial charge on any atom is 0.161 e. The molecule has 2 unspecified atom stereocenters. The number of ether oxygens (including phenoxy) is 2. The highest BCUT2D eigenvalue weighted by Gasteiger charge is 2.36. The van der Waals surface area contributed by atoms with E-state index in [0.717, 1.165) is 30.8 Å². The predicted octanol–water partition coefficient (Wildman–Crippen LogP) is 2.89. The minimum Gasteiger partial charge on any atom is -0.490 e. The van der Waals surface area contributed by atoms with Gasteiger partial charge in [-0.2, -0.15) is 5.26 Å². The molecular weight excluding hydrogens is 252 g/mol. The van der Waals surface area contributed by atoms with Crippen LogP contribution < -0.4 is 14.8 Å². The van der Waals surface area contributed by atoms with Crippen LogP contribution in [0.1, 0.15) is 32.6 Å². The lowest BCUT2D eigenvalue weighted by Gasteiger charge is -2.35. The molecule has 1 aromatic carbocycles. The van der Waals surface area contributed by atoms with Crippen molar-refractivity contribution in [3.63, 3.8) is 0 Å². The number of hydrogen-bond donors (Lipinski definition) is 1. The standard InChI is InChI=1S/C16H22N2O2/c1-3-19-14-8-4-5-9-15(14)20-13-7-6-10-16(11-13,12-17)18-2/h4-5,8-9,13,18H,3,6-7,10-11H2,1-2H3. The van der Waals surface area contributed by atoms with Gasteiger partial charge >= 0.3 is 0 Å². The molecule has 0 bridgehead atoms. The third-order valence-corrected chi connectivity index (χ3v) is 3.84. The van der Waals surface area contributed by atoms with Crippen molar-refractivity contribution >= 4 is 0 Å². The summed E-state index contributed by atoms with van der Waals surface area (Å²) in [5.41, 5.74) is -0.455. The Morgan fingerprint density at radius 2 is 2.15 bits per heavy atom. The summed E-state index contributed by atoms with van der Waals surface area (Å²) in [6.45, 7) is 2.57. The lowest BCUT2D eigenvalue weighted by atomic mass is 9.81. The smallest absolute Gasteiger partial charge is 0.161 e. The third kappa shape index (κ3) is 3.23. The second-order valence-corrected chi connectivity index (χ2v) is 5.16. The Balaban J connectivity index is 2.08. The van der Waals surface area contributed by atoms with Gasteiger partial charge in [-0.1, -0.05) is 12.1 Å². The number of hydrogen-bond acceptors (Lipinski definition) is 4. The fourth-order valence-electron chi connectivity index (χ4n) is 2.71. The molecule has 0 aliphatic heterocycles. The Morgan fingerprint density at radius 3 is 2.80 bits per heavy atom. The zero-order chi connectivity index (χ0) is 14.4. The second kappa shape index (κ2) is 6.62. The summed E-state index contributed by atoms with van der Waals surface area (Å²) in [6.07, 6.45) is 3.62. The Labute approximate surface area is 120 Å². The summed E-state index contributed by atoms with van der Waals surface area (Å²) in [5.74, 6) is 1.54. The molecule has 1 aromatic rings. The molecule has 1 saturated carbocycles. The van der Waals surface area contributed by atoms with Crippen LogP contribution in [0.25, 0.3) is 0 Å². The first kappa shape index (κ1) is 14.7. The Morgan fingerprint density at radius 1 is 1.40 bits per heavy atom. The van der Waals surface area contributed by atoms with Crippen molar-refractivity contribution in [3.8, 4) is 17.6 Å². The van der Waals surface area contributed by atoms with Crippen molar-refractivity contribution in [2.45, 2.75) is 44.2 Å². The van der Waals surface area contributed by atoms with Gasteiger partial charge in [0.1, 0.15) is 11.6 Å². The molecule has 0 spiro atoms. The van der Waals surface area contributed by atoms with E-state index in [2.05, 4.69) is 11.4 Å². The van der Waals surface area contributed by atoms with Gasteiger partial charge in [0.2, 0.25) is 0 Å². The van der Waals surface area contributed by atoms with E-state index in [0.29, 0.717) is 13.0 Å². The van der Waals surface area contributed by atoms with Crippen molar-refractivity contribution < 1.29 is 9.47 Å². The highest BCUT2D eigenvalue weighted by molar-refractivity contribution is 5.39. The zero-order valence-electron chi connectivity index (χ0n) is 12.2. The van der Waals surface area contributed by atoms with Crippen LogP contribution in [0.5, 0.6) is 11.5 Å². The average molecular weight is 274 g/mol. The van der Waals surface area contributed by atoms with Gasteiger partial charge in [-0.15, -0.1) is 0 Å². The van der Waals surface area contributed by atoms with E-state index in [1.807, 2.05) is 38.2 Å². The SMILES string of the molecule is CCOc1ccccc1OC1CCCC(C#N)(NC)C1. The highest BCUT2D eigenvalue weighted by Crippen LogP contribution is 2.34. The molecule has 4 heteroatoms. The fourth-order valence-corrected chi connectivity index (χ4v) is 2.71. The molecule has 1 aliphatic carbocycles. The number of nitrogens with one attached hydrogen (secondary N) is 1. The van der Waals surface area contributed by atoms with Gasteiger partial charge < -0.3 is 14.8 Å². The molecule has 0 amide bonds. The van der Waals surface area contributed by atoms with Crippen LogP contribution in [-0.4, -0.2) is 25.3 Å². The minimum atomic E-state index is -0.455. The molecule has 4 nitrogen and oxygen atoms in total. The summed E-state index contributed by atoms with van der Waals surface area (Å²) in [7, 11) is 1.85. The number of rotatable bonds is 5. The first-order chi connectivity index (χ1) is 9.73. The van der Waals surface area contributed by atoms with Gasteiger partial charge in [-0.05, 0) is 45.4 Å². The van der Waals surface area contributed by atoms with Crippen molar-refractivity contribution in [2.24, 2.45) is 0 Å². The summed E-state index contributed by atoms with van der Waals surface area (Å²) in [6, 6.07) is 10.1. The topological polar surface area (TPSA) is 54.3 Å². The van der Waals surface area contributed by atoms with Crippen LogP contribution in [-0.2, 0) is 0 Å². The molecule has 0 saturated heterocycles. The van der Waals surface area contributed by atoms with Crippen LogP contribution >= 0.6 is 0 Å². The predicted molar refractivity (Wildman–Crippen MR) is 77.9 cm³/mol. The van der Waals surface area contributed by atoms with Crippen molar-refractivity contribution in [3.05, 3.63) is 24.3 Å². The van der Waals surface area contributed by atoms with E-state index >= 15 is 0 Å². The monoisotopic (exact) mass is 274 g/mol. The van der Waals surface area contributed by atoms with Gasteiger partial charge in [-0.3, -0.25) is 0 Å². The van der Waals surface area contributed by atoms with Gasteiger partial charge in [0.15, 0.2) is 11.5 Å². The molecule has 0 radical (unpaired) electrons. The number of nitrogens with zero attached hydrogens (tertiary/aromatic N) is 1. The van der Waals surface area contributed by atoms with Crippen molar-refractivity contribution in [1.82, 2.24) is 5.32 Å². The molecular formula is C16H22N2O2. The third-order valence-electron chi connectivity index (χ3n) is 3.84.